The van der Waals surface area contributed by atoms with Crippen LogP contribution in [-0.2, 0) is 4.74 Å². The van der Waals surface area contributed by atoms with Crippen molar-refractivity contribution in [3.63, 3.8) is 0 Å². The number of ether oxygens (including phenoxy) is 1. The SMILES string of the molecule is CCOC(=O)c1cnc(C)nc1N1CCN(c2cc(C)c3cccc(C)c3n2)CC1. The van der Waals surface area contributed by atoms with Gasteiger partial charge in [0.05, 0.1) is 12.1 Å². The maximum Gasteiger partial charge on any atom is 0.343 e. The van der Waals surface area contributed by atoms with E-state index in [0.717, 1.165) is 37.5 Å². The number of aromatic nitrogens is 3. The summed E-state index contributed by atoms with van der Waals surface area (Å²) in [5, 5.41) is 1.20. The number of rotatable bonds is 4. The number of benzene rings is 1. The van der Waals surface area contributed by atoms with Crippen LogP contribution in [0.5, 0.6) is 0 Å². The van der Waals surface area contributed by atoms with Crippen LogP contribution in [0.4, 0.5) is 11.6 Å². The second-order valence-corrected chi connectivity index (χ2v) is 7.62. The van der Waals surface area contributed by atoms with Crippen LogP contribution in [0.25, 0.3) is 10.9 Å². The molecule has 0 amide bonds. The lowest BCUT2D eigenvalue weighted by molar-refractivity contribution is 0.0526. The molecule has 1 aliphatic rings. The van der Waals surface area contributed by atoms with Gasteiger partial charge in [-0.15, -0.1) is 0 Å². The van der Waals surface area contributed by atoms with Gasteiger partial charge in [0.2, 0.25) is 0 Å². The van der Waals surface area contributed by atoms with E-state index in [4.69, 9.17) is 9.72 Å². The quantitative estimate of drug-likeness (QED) is 0.616. The average Bonchev–Trinajstić information content (AvgIpc) is 2.74. The zero-order valence-corrected chi connectivity index (χ0v) is 18.0. The minimum atomic E-state index is -0.378. The van der Waals surface area contributed by atoms with E-state index in [1.807, 2.05) is 6.92 Å². The fourth-order valence-corrected chi connectivity index (χ4v) is 3.91. The van der Waals surface area contributed by atoms with Crippen molar-refractivity contribution in [3.8, 4) is 0 Å². The van der Waals surface area contributed by atoms with E-state index < -0.39 is 0 Å². The lowest BCUT2D eigenvalue weighted by Gasteiger charge is -2.36. The van der Waals surface area contributed by atoms with Gasteiger partial charge >= 0.3 is 5.97 Å². The largest absolute Gasteiger partial charge is 0.462 e. The van der Waals surface area contributed by atoms with Crippen LogP contribution in [0.15, 0.2) is 30.5 Å². The van der Waals surface area contributed by atoms with Gasteiger partial charge in [-0.05, 0) is 44.9 Å². The van der Waals surface area contributed by atoms with E-state index in [1.54, 1.807) is 13.1 Å². The minimum absolute atomic E-state index is 0.326. The van der Waals surface area contributed by atoms with Crippen molar-refractivity contribution in [2.45, 2.75) is 27.7 Å². The molecule has 0 N–H and O–H groups in total. The molecule has 0 saturated carbocycles. The van der Waals surface area contributed by atoms with Crippen molar-refractivity contribution in [3.05, 3.63) is 53.0 Å². The van der Waals surface area contributed by atoms with Crippen molar-refractivity contribution < 1.29 is 9.53 Å². The third-order valence-electron chi connectivity index (χ3n) is 5.52. The number of piperazine rings is 1. The summed E-state index contributed by atoms with van der Waals surface area (Å²) in [5.41, 5.74) is 3.90. The highest BCUT2D eigenvalue weighted by Crippen LogP contribution is 2.27. The van der Waals surface area contributed by atoms with Crippen molar-refractivity contribution in [1.82, 2.24) is 15.0 Å². The van der Waals surface area contributed by atoms with Crippen molar-refractivity contribution in [2.75, 3.05) is 42.6 Å². The number of esters is 1. The van der Waals surface area contributed by atoms with E-state index in [9.17, 15) is 4.79 Å². The number of anilines is 2. The highest BCUT2D eigenvalue weighted by Gasteiger charge is 2.25. The van der Waals surface area contributed by atoms with Gasteiger partial charge < -0.3 is 14.5 Å². The zero-order chi connectivity index (χ0) is 21.3. The summed E-state index contributed by atoms with van der Waals surface area (Å²) in [5.74, 6) is 1.91. The van der Waals surface area contributed by atoms with Gasteiger partial charge in [0.15, 0.2) is 0 Å². The average molecular weight is 406 g/mol. The number of hydrogen-bond donors (Lipinski definition) is 0. The Hall–Kier alpha value is -3.22. The van der Waals surface area contributed by atoms with Crippen molar-refractivity contribution in [1.29, 1.82) is 0 Å². The molecule has 3 aromatic rings. The van der Waals surface area contributed by atoms with Crippen LogP contribution >= 0.6 is 0 Å². The second kappa shape index (κ2) is 8.26. The predicted octanol–water partition coefficient (Wildman–Crippen LogP) is 3.45. The number of para-hydroxylation sites is 1. The molecule has 1 aromatic carbocycles. The molecule has 0 bridgehead atoms. The highest BCUT2D eigenvalue weighted by atomic mass is 16.5. The number of carbonyl (C=O) groups is 1. The zero-order valence-electron chi connectivity index (χ0n) is 18.0. The maximum absolute atomic E-state index is 12.3. The van der Waals surface area contributed by atoms with E-state index in [2.05, 4.69) is 57.9 Å². The molecule has 0 radical (unpaired) electrons. The number of nitrogens with zero attached hydrogens (tertiary/aromatic N) is 5. The third kappa shape index (κ3) is 3.79. The Balaban J connectivity index is 1.57. The second-order valence-electron chi connectivity index (χ2n) is 7.62. The van der Waals surface area contributed by atoms with Gasteiger partial charge in [-0.25, -0.2) is 19.7 Å². The normalized spacial score (nSPS) is 14.3. The first kappa shape index (κ1) is 20.1. The van der Waals surface area contributed by atoms with E-state index >= 15 is 0 Å². The number of hydrogen-bond acceptors (Lipinski definition) is 7. The maximum atomic E-state index is 12.3. The molecule has 156 valence electrons. The molecule has 0 spiro atoms. The fourth-order valence-electron chi connectivity index (χ4n) is 3.91. The molecule has 0 unspecified atom stereocenters. The van der Waals surface area contributed by atoms with Crippen LogP contribution in [0.2, 0.25) is 0 Å². The number of pyridine rings is 1. The summed E-state index contributed by atoms with van der Waals surface area (Å²) >= 11 is 0. The van der Waals surface area contributed by atoms with Crippen LogP contribution in [0.3, 0.4) is 0 Å². The summed E-state index contributed by atoms with van der Waals surface area (Å²) in [7, 11) is 0. The molecule has 4 rings (SSSR count). The van der Waals surface area contributed by atoms with Gasteiger partial charge in [-0.1, -0.05) is 18.2 Å². The summed E-state index contributed by atoms with van der Waals surface area (Å²) < 4.78 is 5.19. The Morgan fingerprint density at radius 1 is 1.03 bits per heavy atom. The third-order valence-corrected chi connectivity index (χ3v) is 5.52. The number of fused-ring (bicyclic) bond motifs is 1. The minimum Gasteiger partial charge on any atom is -0.462 e. The van der Waals surface area contributed by atoms with Crippen molar-refractivity contribution in [2.24, 2.45) is 0 Å². The van der Waals surface area contributed by atoms with E-state index in [1.165, 1.54) is 16.5 Å². The summed E-state index contributed by atoms with van der Waals surface area (Å²) in [6.45, 7) is 11.3. The van der Waals surface area contributed by atoms with E-state index in [0.29, 0.717) is 23.8 Å². The Kier molecular flexibility index (Phi) is 5.53. The molecule has 0 atom stereocenters. The first-order valence-corrected chi connectivity index (χ1v) is 10.4. The molecule has 30 heavy (non-hydrogen) atoms. The lowest BCUT2D eigenvalue weighted by atomic mass is 10.1. The summed E-state index contributed by atoms with van der Waals surface area (Å²) in [6, 6.07) is 8.47. The Bertz CT molecular complexity index is 1090. The summed E-state index contributed by atoms with van der Waals surface area (Å²) in [4.78, 5) is 30.5. The molecule has 7 nitrogen and oxygen atoms in total. The van der Waals surface area contributed by atoms with Gasteiger partial charge in [-0.3, -0.25) is 0 Å². The molecular formula is C23H27N5O2. The first-order valence-electron chi connectivity index (χ1n) is 10.4. The van der Waals surface area contributed by atoms with Gasteiger partial charge in [0.1, 0.15) is 23.0 Å². The standard InChI is InChI=1S/C23H27N5O2/c1-5-30-23(29)19-14-24-17(4)25-22(19)28-11-9-27(10-12-28)20-13-16(3)18-8-6-7-15(2)21(18)26-20/h6-8,13-14H,5,9-12H2,1-4H3. The smallest absolute Gasteiger partial charge is 0.343 e. The van der Waals surface area contributed by atoms with Gasteiger partial charge in [0, 0.05) is 37.8 Å². The molecule has 1 fully saturated rings. The molecule has 1 saturated heterocycles. The van der Waals surface area contributed by atoms with Crippen LogP contribution < -0.4 is 9.80 Å². The van der Waals surface area contributed by atoms with Crippen LogP contribution in [0.1, 0.15) is 34.2 Å². The first-order chi connectivity index (χ1) is 14.5. The Labute approximate surface area is 176 Å². The van der Waals surface area contributed by atoms with Gasteiger partial charge in [-0.2, -0.15) is 0 Å². The predicted molar refractivity (Wildman–Crippen MR) is 118 cm³/mol. The number of carbonyl (C=O) groups excluding carboxylic acids is 1. The van der Waals surface area contributed by atoms with Crippen molar-refractivity contribution >= 4 is 28.5 Å². The van der Waals surface area contributed by atoms with Gasteiger partial charge in [0.25, 0.3) is 0 Å². The number of aryl methyl sites for hydroxylation is 3. The molecule has 2 aromatic heterocycles. The van der Waals surface area contributed by atoms with Crippen LogP contribution in [0, 0.1) is 20.8 Å². The molecular weight excluding hydrogens is 378 g/mol. The molecule has 0 aliphatic carbocycles. The Morgan fingerprint density at radius 2 is 1.77 bits per heavy atom. The molecule has 7 heteroatoms. The summed E-state index contributed by atoms with van der Waals surface area (Å²) in [6.07, 6.45) is 1.57. The fraction of sp³-hybridized carbons (Fsp3) is 0.391. The highest BCUT2D eigenvalue weighted by molar-refractivity contribution is 5.94. The molecule has 3 heterocycles. The van der Waals surface area contributed by atoms with Crippen LogP contribution in [-0.4, -0.2) is 53.7 Å². The topological polar surface area (TPSA) is 71.5 Å². The van der Waals surface area contributed by atoms with E-state index in [-0.39, 0.29) is 5.97 Å². The lowest BCUT2D eigenvalue weighted by Crippen LogP contribution is -2.47. The molecule has 1 aliphatic heterocycles. The monoisotopic (exact) mass is 405 g/mol. The Morgan fingerprint density at radius 3 is 2.50 bits per heavy atom.